The van der Waals surface area contributed by atoms with Crippen LogP contribution in [0.1, 0.15) is 16.9 Å². The summed E-state index contributed by atoms with van der Waals surface area (Å²) in [4.78, 5) is 12.1. The molecule has 0 radical (unpaired) electrons. The van der Waals surface area contributed by atoms with Crippen molar-refractivity contribution >= 4 is 91.7 Å². The van der Waals surface area contributed by atoms with Crippen LogP contribution in [0.3, 0.4) is 0 Å². The monoisotopic (exact) mass is 585 g/mol. The second kappa shape index (κ2) is 8.83. The van der Waals surface area contributed by atoms with Gasteiger partial charge in [-0.05, 0) is 35.9 Å². The molecule has 4 aromatic heterocycles. The van der Waals surface area contributed by atoms with Gasteiger partial charge in [0.25, 0.3) is 0 Å². The minimum absolute atomic E-state index is 0.752. The van der Waals surface area contributed by atoms with E-state index in [-0.39, 0.29) is 0 Å². The minimum Gasteiger partial charge on any atom is -0.292 e. The predicted octanol–water partition coefficient (Wildman–Crippen LogP) is 10.9. The number of allylic oxidation sites excluding steroid dienone is 1. The van der Waals surface area contributed by atoms with Crippen molar-refractivity contribution in [1.82, 2.24) is 14.5 Å². The molecule has 0 unspecified atom stereocenters. The zero-order valence-electron chi connectivity index (χ0n) is 23.0. The third-order valence-corrected chi connectivity index (χ3v) is 11.3. The van der Waals surface area contributed by atoms with Crippen molar-refractivity contribution in [2.45, 2.75) is 12.8 Å². The highest BCUT2D eigenvalue weighted by Gasteiger charge is 2.26. The average Bonchev–Trinajstić information content (AvgIpc) is 3.75. The Labute approximate surface area is 255 Å². The zero-order valence-corrected chi connectivity index (χ0v) is 24.7. The number of aromatic nitrogens is 3. The van der Waals surface area contributed by atoms with E-state index in [1.807, 2.05) is 17.4 Å². The fraction of sp³-hybridized carbons (Fsp3) is 0.0526. The Bertz CT molecular complexity index is 2620. The Kier molecular flexibility index (Phi) is 4.87. The summed E-state index contributed by atoms with van der Waals surface area (Å²) < 4.78 is 6.17. The molecule has 10 rings (SSSR count). The third-order valence-electron chi connectivity index (χ3n) is 8.84. The van der Waals surface area contributed by atoms with Gasteiger partial charge in [0.05, 0.1) is 21.3 Å². The van der Waals surface area contributed by atoms with Crippen molar-refractivity contribution in [2.75, 3.05) is 0 Å². The minimum atomic E-state index is 0.752. The van der Waals surface area contributed by atoms with Crippen molar-refractivity contribution in [3.05, 3.63) is 120 Å². The van der Waals surface area contributed by atoms with Gasteiger partial charge in [0, 0.05) is 46.8 Å². The molecule has 1 aliphatic carbocycles. The number of nitrogens with zero attached hydrogens (tertiary/aromatic N) is 3. The Morgan fingerprint density at radius 1 is 0.628 bits per heavy atom. The van der Waals surface area contributed by atoms with E-state index in [4.69, 9.17) is 9.97 Å². The molecule has 1 aliphatic rings. The van der Waals surface area contributed by atoms with Gasteiger partial charge in [-0.2, -0.15) is 0 Å². The number of para-hydroxylation sites is 1. The lowest BCUT2D eigenvalue weighted by molar-refractivity contribution is 1.02. The number of fused-ring (bicyclic) bond motifs is 13. The second-order valence-electron chi connectivity index (χ2n) is 11.2. The van der Waals surface area contributed by atoms with E-state index in [1.54, 1.807) is 11.3 Å². The number of hydrogen-bond acceptors (Lipinski definition) is 4. The van der Waals surface area contributed by atoms with Crippen LogP contribution in [0.4, 0.5) is 0 Å². The molecule has 0 N–H and O–H groups in total. The van der Waals surface area contributed by atoms with Gasteiger partial charge in [0.1, 0.15) is 0 Å². The maximum Gasteiger partial charge on any atom is 0.162 e. The highest BCUT2D eigenvalue weighted by atomic mass is 32.1. The molecule has 0 aliphatic heterocycles. The SMILES string of the molecule is C1=Cc2c(sc3c4ccccc4c4c5ccccc5n(-c5nc(-c6ccccc6)nc6c5sc5ccccc56)c4c23)CC1. The molecule has 5 heteroatoms. The van der Waals surface area contributed by atoms with E-state index in [0.29, 0.717) is 0 Å². The number of thiophene rings is 2. The molecule has 0 fully saturated rings. The van der Waals surface area contributed by atoms with Gasteiger partial charge in [-0.3, -0.25) is 4.57 Å². The summed E-state index contributed by atoms with van der Waals surface area (Å²) in [6.07, 6.45) is 6.88. The van der Waals surface area contributed by atoms with Gasteiger partial charge in [-0.25, -0.2) is 9.97 Å². The van der Waals surface area contributed by atoms with Gasteiger partial charge in [0.15, 0.2) is 11.6 Å². The molecule has 3 nitrogen and oxygen atoms in total. The molecule has 0 saturated carbocycles. The first-order valence-corrected chi connectivity index (χ1v) is 16.3. The summed E-state index contributed by atoms with van der Waals surface area (Å²) in [5.74, 6) is 1.70. The molecule has 43 heavy (non-hydrogen) atoms. The van der Waals surface area contributed by atoms with E-state index >= 15 is 0 Å². The lowest BCUT2D eigenvalue weighted by Gasteiger charge is -2.13. The normalized spacial score (nSPS) is 13.3. The van der Waals surface area contributed by atoms with Crippen molar-refractivity contribution < 1.29 is 0 Å². The van der Waals surface area contributed by atoms with Crippen LogP contribution in [-0.2, 0) is 6.42 Å². The van der Waals surface area contributed by atoms with E-state index in [0.717, 1.165) is 40.3 Å². The van der Waals surface area contributed by atoms with Crippen LogP contribution in [0.2, 0.25) is 0 Å². The Balaban J connectivity index is 1.49. The standard InChI is InChI=1S/C38H23N3S2/c1-2-12-22(13-3-1)37-39-33-27-18-8-11-21-30(27)43-36(33)38(40-37)41-28-19-9-6-16-25(28)31-23-14-4-5-15-24(23)35-32(34(31)41)26-17-7-10-20-29(26)42-35/h1-9,11-19,21H,10,20H2. The van der Waals surface area contributed by atoms with Crippen LogP contribution >= 0.6 is 22.7 Å². The lowest BCUT2D eigenvalue weighted by atomic mass is 9.96. The van der Waals surface area contributed by atoms with Gasteiger partial charge in [-0.1, -0.05) is 103 Å². The molecule has 0 amide bonds. The van der Waals surface area contributed by atoms with Crippen LogP contribution < -0.4 is 0 Å². The van der Waals surface area contributed by atoms with Gasteiger partial charge in [-0.15, -0.1) is 22.7 Å². The topological polar surface area (TPSA) is 30.7 Å². The van der Waals surface area contributed by atoms with E-state index in [2.05, 4.69) is 114 Å². The molecule has 202 valence electrons. The summed E-state index contributed by atoms with van der Waals surface area (Å²) >= 11 is 3.76. The van der Waals surface area contributed by atoms with Crippen molar-refractivity contribution in [3.8, 4) is 17.2 Å². The molecule has 0 bridgehead atoms. The number of benzene rings is 5. The lowest BCUT2D eigenvalue weighted by Crippen LogP contribution is -2.02. The molecule has 0 saturated heterocycles. The zero-order chi connectivity index (χ0) is 28.1. The molecule has 5 aromatic carbocycles. The van der Waals surface area contributed by atoms with E-state index in [9.17, 15) is 0 Å². The summed E-state index contributed by atoms with van der Waals surface area (Å²) in [5, 5.41) is 7.70. The Morgan fingerprint density at radius 2 is 1.37 bits per heavy atom. The maximum atomic E-state index is 5.44. The average molecular weight is 586 g/mol. The van der Waals surface area contributed by atoms with Crippen LogP contribution in [0.15, 0.2) is 109 Å². The number of rotatable bonds is 2. The Hall–Kier alpha value is -4.84. The first-order chi connectivity index (χ1) is 21.3. The van der Waals surface area contributed by atoms with Gasteiger partial charge in [0.2, 0.25) is 0 Å². The smallest absolute Gasteiger partial charge is 0.162 e. The van der Waals surface area contributed by atoms with Crippen LogP contribution in [0, 0.1) is 0 Å². The van der Waals surface area contributed by atoms with Crippen molar-refractivity contribution in [1.29, 1.82) is 0 Å². The number of hydrogen-bond donors (Lipinski definition) is 0. The molecule has 9 aromatic rings. The first-order valence-electron chi connectivity index (χ1n) is 14.7. The summed E-state index contributed by atoms with van der Waals surface area (Å²) in [5.41, 5.74) is 5.82. The molecule has 4 heterocycles. The quantitative estimate of drug-likeness (QED) is 0.202. The first kappa shape index (κ1) is 23.7. The largest absolute Gasteiger partial charge is 0.292 e. The summed E-state index contributed by atoms with van der Waals surface area (Å²) in [7, 11) is 0. The molecular formula is C38H23N3S2. The van der Waals surface area contributed by atoms with Crippen molar-refractivity contribution in [3.63, 3.8) is 0 Å². The summed E-state index contributed by atoms with van der Waals surface area (Å²) in [6.45, 7) is 0. The predicted molar refractivity (Wildman–Crippen MR) is 185 cm³/mol. The van der Waals surface area contributed by atoms with Gasteiger partial charge >= 0.3 is 0 Å². The molecule has 0 atom stereocenters. The summed E-state index contributed by atoms with van der Waals surface area (Å²) in [6, 6.07) is 36.8. The highest BCUT2D eigenvalue weighted by Crippen LogP contribution is 2.49. The van der Waals surface area contributed by atoms with Crippen molar-refractivity contribution in [2.24, 2.45) is 0 Å². The highest BCUT2D eigenvalue weighted by molar-refractivity contribution is 7.26. The van der Waals surface area contributed by atoms with Crippen LogP contribution in [-0.4, -0.2) is 14.5 Å². The van der Waals surface area contributed by atoms with Crippen LogP contribution in [0.25, 0.3) is 86.2 Å². The molecular weight excluding hydrogens is 563 g/mol. The fourth-order valence-corrected chi connectivity index (χ4v) is 9.47. The fourth-order valence-electron chi connectivity index (χ4n) is 7.01. The van der Waals surface area contributed by atoms with Crippen LogP contribution in [0.5, 0.6) is 0 Å². The molecule has 0 spiro atoms. The van der Waals surface area contributed by atoms with Gasteiger partial charge < -0.3 is 0 Å². The van der Waals surface area contributed by atoms with E-state index in [1.165, 1.54) is 63.2 Å². The van der Waals surface area contributed by atoms with E-state index < -0.39 is 0 Å². The second-order valence-corrected chi connectivity index (χ2v) is 13.4. The maximum absolute atomic E-state index is 5.44. The number of aryl methyl sites for hydroxylation is 1. The Morgan fingerprint density at radius 3 is 2.26 bits per heavy atom. The third kappa shape index (κ3) is 3.24.